The van der Waals surface area contributed by atoms with E-state index in [0.29, 0.717) is 19.3 Å². The van der Waals surface area contributed by atoms with Crippen LogP contribution in [-0.4, -0.2) is 39.9 Å². The fourth-order valence-electron chi connectivity index (χ4n) is 1.95. The molecule has 1 fully saturated rings. The van der Waals surface area contributed by atoms with Gasteiger partial charge in [-0.1, -0.05) is 13.3 Å². The van der Waals surface area contributed by atoms with Gasteiger partial charge in [0.15, 0.2) is 5.78 Å². The van der Waals surface area contributed by atoms with Crippen LogP contribution in [0.15, 0.2) is 0 Å². The first-order valence-corrected chi connectivity index (χ1v) is 7.58. The van der Waals surface area contributed by atoms with Crippen LogP contribution < -0.4 is 0 Å². The molecule has 0 aliphatic heterocycles. The molecule has 0 radical (unpaired) electrons. The van der Waals surface area contributed by atoms with Crippen molar-refractivity contribution in [2.24, 2.45) is 5.92 Å². The Morgan fingerprint density at radius 1 is 1.47 bits per heavy atom. The van der Waals surface area contributed by atoms with Crippen LogP contribution in [0.25, 0.3) is 0 Å². The number of esters is 1. The molecule has 108 valence electrons. The van der Waals surface area contributed by atoms with Crippen molar-refractivity contribution in [3.05, 3.63) is 0 Å². The lowest BCUT2D eigenvalue weighted by molar-refractivity contribution is -0.157. The summed E-state index contributed by atoms with van der Waals surface area (Å²) in [6.07, 6.45) is 2.43. The molecule has 1 aliphatic carbocycles. The Kier molecular flexibility index (Phi) is 6.34. The van der Waals surface area contributed by atoms with Gasteiger partial charge in [-0.15, -0.1) is 11.8 Å². The lowest BCUT2D eigenvalue weighted by Gasteiger charge is -2.26. The predicted molar refractivity (Wildman–Crippen MR) is 72.1 cm³/mol. The van der Waals surface area contributed by atoms with Crippen LogP contribution in [0, 0.1) is 5.92 Å². The summed E-state index contributed by atoms with van der Waals surface area (Å²) >= 11 is 1.10. The van der Waals surface area contributed by atoms with Crippen LogP contribution in [0.1, 0.15) is 39.5 Å². The van der Waals surface area contributed by atoms with Crippen molar-refractivity contribution in [3.63, 3.8) is 0 Å². The van der Waals surface area contributed by atoms with E-state index in [-0.39, 0.29) is 22.9 Å². The number of hydrogen-bond donors (Lipinski definition) is 1. The molecule has 0 aromatic heterocycles. The van der Waals surface area contributed by atoms with E-state index in [9.17, 15) is 14.4 Å². The van der Waals surface area contributed by atoms with Crippen molar-refractivity contribution in [1.82, 2.24) is 0 Å². The summed E-state index contributed by atoms with van der Waals surface area (Å²) in [6.45, 7) is 3.70. The third kappa shape index (κ3) is 4.86. The molecule has 0 aromatic carbocycles. The van der Waals surface area contributed by atoms with Crippen molar-refractivity contribution >= 4 is 29.5 Å². The molecular formula is C13H20O5S. The third-order valence-electron chi connectivity index (χ3n) is 3.20. The van der Waals surface area contributed by atoms with Crippen molar-refractivity contribution in [3.8, 4) is 0 Å². The van der Waals surface area contributed by atoms with Gasteiger partial charge in [-0.05, 0) is 26.2 Å². The molecule has 6 heteroatoms. The summed E-state index contributed by atoms with van der Waals surface area (Å²) in [7, 11) is 0. The molecule has 0 heterocycles. The number of carboxylic acids is 1. The van der Waals surface area contributed by atoms with Gasteiger partial charge in [0.25, 0.3) is 0 Å². The molecule has 0 saturated heterocycles. The Bertz CT molecular complexity index is 355. The van der Waals surface area contributed by atoms with E-state index < -0.39 is 17.9 Å². The number of carboxylic acid groups (broad SMARTS) is 1. The zero-order valence-corrected chi connectivity index (χ0v) is 12.1. The molecule has 0 amide bonds. The van der Waals surface area contributed by atoms with E-state index in [1.807, 2.05) is 6.92 Å². The number of carbonyl (C=O) groups excluding carboxylic acids is 2. The minimum Gasteiger partial charge on any atom is -0.481 e. The first-order valence-electron chi connectivity index (χ1n) is 6.53. The van der Waals surface area contributed by atoms with Crippen LogP contribution in [0.4, 0.5) is 0 Å². The maximum atomic E-state index is 12.1. The monoisotopic (exact) mass is 288 g/mol. The fraction of sp³-hybridized carbons (Fsp3) is 0.769. The van der Waals surface area contributed by atoms with Crippen LogP contribution >= 0.6 is 11.8 Å². The van der Waals surface area contributed by atoms with Gasteiger partial charge in [0.05, 0.1) is 17.1 Å². The van der Waals surface area contributed by atoms with Crippen LogP contribution in [0.5, 0.6) is 0 Å². The van der Waals surface area contributed by atoms with E-state index in [1.54, 1.807) is 6.92 Å². The third-order valence-corrected chi connectivity index (χ3v) is 4.49. The maximum Gasteiger partial charge on any atom is 0.316 e. The number of ketones is 1. The zero-order valence-electron chi connectivity index (χ0n) is 11.3. The second kappa shape index (κ2) is 7.53. The normalized spacial score (nSPS) is 24.8. The van der Waals surface area contributed by atoms with Crippen molar-refractivity contribution in [1.29, 1.82) is 0 Å². The molecule has 1 aliphatic rings. The highest BCUT2D eigenvalue weighted by Crippen LogP contribution is 2.30. The molecule has 19 heavy (non-hydrogen) atoms. The van der Waals surface area contributed by atoms with Gasteiger partial charge in [-0.3, -0.25) is 14.4 Å². The first kappa shape index (κ1) is 16.0. The van der Waals surface area contributed by atoms with Crippen molar-refractivity contribution < 1.29 is 24.2 Å². The number of Topliss-reactive ketones (excluding diaryl/α,β-unsaturated/α-hetero) is 1. The zero-order chi connectivity index (χ0) is 14.4. The number of rotatable bonds is 6. The molecule has 1 saturated carbocycles. The number of thioether (sulfide) groups is 1. The van der Waals surface area contributed by atoms with Crippen LogP contribution in [0.3, 0.4) is 0 Å². The molecule has 0 aromatic rings. The van der Waals surface area contributed by atoms with Gasteiger partial charge in [-0.2, -0.15) is 0 Å². The van der Waals surface area contributed by atoms with E-state index in [4.69, 9.17) is 9.84 Å². The number of aliphatic carboxylic acids is 1. The van der Waals surface area contributed by atoms with Crippen LogP contribution in [0.2, 0.25) is 0 Å². The Labute approximate surface area is 117 Å². The molecule has 0 bridgehead atoms. The minimum absolute atomic E-state index is 0.108. The topological polar surface area (TPSA) is 80.7 Å². The quantitative estimate of drug-likeness (QED) is 0.594. The first-order chi connectivity index (χ1) is 8.95. The summed E-state index contributed by atoms with van der Waals surface area (Å²) in [4.78, 5) is 34.6. The molecule has 1 rings (SSSR count). The van der Waals surface area contributed by atoms with Gasteiger partial charge >= 0.3 is 11.9 Å². The summed E-state index contributed by atoms with van der Waals surface area (Å²) in [5, 5.41) is 8.24. The average molecular weight is 288 g/mol. The van der Waals surface area contributed by atoms with Gasteiger partial charge in [0, 0.05) is 0 Å². The summed E-state index contributed by atoms with van der Waals surface area (Å²) in [5.74, 6) is -2.40. The summed E-state index contributed by atoms with van der Waals surface area (Å²) in [6, 6.07) is 0. The predicted octanol–water partition coefficient (Wildman–Crippen LogP) is 1.88. The molecular weight excluding hydrogens is 268 g/mol. The van der Waals surface area contributed by atoms with Crippen LogP contribution in [-0.2, 0) is 19.1 Å². The van der Waals surface area contributed by atoms with E-state index in [2.05, 4.69) is 0 Å². The molecule has 3 unspecified atom stereocenters. The van der Waals surface area contributed by atoms with E-state index >= 15 is 0 Å². The minimum atomic E-state index is -0.942. The second-order valence-corrected chi connectivity index (χ2v) is 5.93. The van der Waals surface area contributed by atoms with Gasteiger partial charge in [0.2, 0.25) is 0 Å². The maximum absolute atomic E-state index is 12.1. The number of carbonyl (C=O) groups is 3. The summed E-state index contributed by atoms with van der Waals surface area (Å²) in [5.41, 5.74) is 0. The SMILES string of the molecule is CCC(C)OC(=O)C1CCCC(SCC(=O)O)C1=O. The Morgan fingerprint density at radius 2 is 2.16 bits per heavy atom. The summed E-state index contributed by atoms with van der Waals surface area (Å²) < 4.78 is 5.20. The highest BCUT2D eigenvalue weighted by molar-refractivity contribution is 8.01. The fourth-order valence-corrected chi connectivity index (χ4v) is 2.96. The molecule has 1 N–H and O–H groups in total. The molecule has 3 atom stereocenters. The number of hydrogen-bond acceptors (Lipinski definition) is 5. The average Bonchev–Trinajstić information content (AvgIpc) is 2.37. The van der Waals surface area contributed by atoms with Gasteiger partial charge < -0.3 is 9.84 Å². The lowest BCUT2D eigenvalue weighted by atomic mass is 9.87. The van der Waals surface area contributed by atoms with Gasteiger partial charge in [0.1, 0.15) is 5.92 Å². The number of ether oxygens (including phenoxy) is 1. The highest BCUT2D eigenvalue weighted by Gasteiger charge is 2.37. The highest BCUT2D eigenvalue weighted by atomic mass is 32.2. The van der Waals surface area contributed by atoms with E-state index in [1.165, 1.54) is 0 Å². The second-order valence-electron chi connectivity index (χ2n) is 4.73. The van der Waals surface area contributed by atoms with Crippen molar-refractivity contribution in [2.75, 3.05) is 5.75 Å². The largest absolute Gasteiger partial charge is 0.481 e. The smallest absolute Gasteiger partial charge is 0.316 e. The van der Waals surface area contributed by atoms with Crippen molar-refractivity contribution in [2.45, 2.75) is 50.9 Å². The lowest BCUT2D eigenvalue weighted by Crippen LogP contribution is -2.38. The molecule has 5 nitrogen and oxygen atoms in total. The Balaban J connectivity index is 2.57. The Hall–Kier alpha value is -1.04. The van der Waals surface area contributed by atoms with Gasteiger partial charge in [-0.25, -0.2) is 0 Å². The standard InChI is InChI=1S/C13H20O5S/c1-3-8(2)18-13(17)9-5-4-6-10(12(9)16)19-7-11(14)15/h8-10H,3-7H2,1-2H3,(H,14,15). The Morgan fingerprint density at radius 3 is 2.74 bits per heavy atom. The van der Waals surface area contributed by atoms with E-state index in [0.717, 1.165) is 18.2 Å². The molecule has 0 spiro atoms.